The van der Waals surface area contributed by atoms with E-state index in [1.807, 2.05) is 0 Å². The third kappa shape index (κ3) is 9.98. The summed E-state index contributed by atoms with van der Waals surface area (Å²) in [5, 5.41) is 16.7. The van der Waals surface area contributed by atoms with Gasteiger partial charge in [-0.2, -0.15) is 0 Å². The van der Waals surface area contributed by atoms with Gasteiger partial charge in [0.05, 0.1) is 47.9 Å². The number of aliphatic hydroxyl groups is 3. The van der Waals surface area contributed by atoms with Crippen molar-refractivity contribution in [1.29, 1.82) is 2.86 Å². The summed E-state index contributed by atoms with van der Waals surface area (Å²) in [6.07, 6.45) is 0.815. The van der Waals surface area contributed by atoms with Gasteiger partial charge >= 0.3 is 5.97 Å². The van der Waals surface area contributed by atoms with Gasteiger partial charge in [-0.05, 0) is 61.8 Å². The van der Waals surface area contributed by atoms with Crippen LogP contribution in [0.4, 0.5) is 0 Å². The number of esters is 1. The molecule has 292 valence electrons. The number of ketones is 3. The van der Waals surface area contributed by atoms with Crippen molar-refractivity contribution >= 4 is 46.9 Å². The van der Waals surface area contributed by atoms with Crippen LogP contribution in [0, 0.1) is 23.7 Å². The van der Waals surface area contributed by atoms with E-state index in [9.17, 15) is 43.5 Å². The molecule has 2 aliphatic heterocycles. The lowest BCUT2D eigenvalue weighted by atomic mass is 9.93. The van der Waals surface area contributed by atoms with Crippen LogP contribution in [0.1, 0.15) is 110 Å². The van der Waals surface area contributed by atoms with Gasteiger partial charge < -0.3 is 20.1 Å². The zero-order valence-corrected chi connectivity index (χ0v) is 30.7. The van der Waals surface area contributed by atoms with Crippen LogP contribution in [0.3, 0.4) is 0 Å². The average molecular weight is 757 g/mol. The molecule has 6 atom stereocenters. The fourth-order valence-corrected chi connectivity index (χ4v) is 7.03. The Kier molecular flexibility index (Phi) is 13.8. The van der Waals surface area contributed by atoms with Crippen LogP contribution in [0.25, 0.3) is 0 Å². The van der Waals surface area contributed by atoms with Crippen LogP contribution in [0.15, 0.2) is 48.5 Å². The van der Waals surface area contributed by atoms with Crippen molar-refractivity contribution in [1.82, 2.24) is 9.80 Å². The van der Waals surface area contributed by atoms with Crippen LogP contribution in [0.5, 0.6) is 0 Å². The molecule has 6 rings (SSSR count). The van der Waals surface area contributed by atoms with Gasteiger partial charge in [-0.1, -0.05) is 45.0 Å². The first-order chi connectivity index (χ1) is 27.7. The Bertz CT molecular complexity index is 1750. The highest BCUT2D eigenvalue weighted by Gasteiger charge is 2.43. The van der Waals surface area contributed by atoms with Crippen molar-refractivity contribution in [3.8, 4) is 0 Å². The van der Waals surface area contributed by atoms with Gasteiger partial charge in [0.2, 0.25) is 2.86 Å². The summed E-state index contributed by atoms with van der Waals surface area (Å²) < 4.78 is 32.0. The number of hydrogen-bond donors (Lipinski definition) is 3. The van der Waals surface area contributed by atoms with E-state index in [1.54, 1.807) is 55.5 Å². The molecule has 0 bridgehead atoms. The largest absolute Gasteiger partial charge is 0.462 e. The summed E-state index contributed by atoms with van der Waals surface area (Å²) in [6, 6.07) is 12.9. The number of aliphatic hydroxyl groups excluding tert-OH is 3. The van der Waals surface area contributed by atoms with Crippen LogP contribution < -0.4 is 0 Å². The van der Waals surface area contributed by atoms with Crippen molar-refractivity contribution in [3.05, 3.63) is 70.8 Å². The Balaban J connectivity index is 0.000000282. The van der Waals surface area contributed by atoms with Gasteiger partial charge in [0.1, 0.15) is 11.9 Å². The number of hydrogen-bond acceptors (Lipinski definition) is 12. The molecular formula is C40H50N2O12. The van der Waals surface area contributed by atoms with Crippen LogP contribution in [-0.4, -0.2) is 114 Å². The number of rotatable bonds is 11. The predicted octanol–water partition coefficient (Wildman–Crippen LogP) is 3.04. The SMILES string of the molecule is [2H]C[C@@H]1C[C@@H](O)CC1C(=O)CN1C(=O)c2ccccc2C1=O.[2H]C[C@@H]1C[C@@H](OC(=O)CCC(=O)CC)CC1C(=O)CN1C(=O)c2ccccc2C1=O.[3H]OC.[3H]OC. The first-order valence-electron chi connectivity index (χ1n) is 19.9. The molecule has 2 aromatic rings. The maximum absolute atomic E-state index is 12.9. The molecule has 14 nitrogen and oxygen atoms in total. The Morgan fingerprint density at radius 1 is 0.722 bits per heavy atom. The van der Waals surface area contributed by atoms with Crippen molar-refractivity contribution < 1.29 is 61.2 Å². The van der Waals surface area contributed by atoms with Crippen LogP contribution >= 0.6 is 0 Å². The molecule has 2 aliphatic carbocycles. The summed E-state index contributed by atoms with van der Waals surface area (Å²) in [6.45, 7) is 1.16. The molecular weight excluding hydrogens is 700 g/mol. The lowest BCUT2D eigenvalue weighted by Gasteiger charge is -2.18. The maximum Gasteiger partial charge on any atom is 0.306 e. The number of nitrogens with zero attached hydrogens (tertiary/aromatic N) is 2. The molecule has 0 radical (unpaired) electrons. The van der Waals surface area contributed by atoms with Gasteiger partial charge in [0.15, 0.2) is 11.6 Å². The quantitative estimate of drug-likeness (QED) is 0.223. The minimum atomic E-state index is -0.577. The molecule has 2 fully saturated rings. The number of Topliss-reactive ketones (excluding diaryl/α,β-unsaturated/α-hetero) is 3. The molecule has 4 amide bonds. The monoisotopic (exact) mass is 756 g/mol. The summed E-state index contributed by atoms with van der Waals surface area (Å²) in [5.41, 5.74) is 1.21. The lowest BCUT2D eigenvalue weighted by molar-refractivity contribution is -0.150. The third-order valence-electron chi connectivity index (χ3n) is 9.83. The van der Waals surface area contributed by atoms with Crippen molar-refractivity contribution in [2.75, 3.05) is 27.3 Å². The number of carbonyl (C=O) groups is 8. The molecule has 0 spiro atoms. The standard InChI is InChI=1S/C22H25NO6.C16H17NO4.2CH4O/c1-3-14(24)8-9-20(26)29-15-10-13(2)18(11-15)19(25)12-23-21(27)16-6-4-5-7-17(16)22(23)28;1-9-6-10(18)7-13(9)14(19)8-17-15(20)11-4-2-3-5-12(11)16(17)21;2*1-2/h4-7,13,15,18H,3,8-12H2,1-2H3;2-5,9-10,13,18H,6-8H2,1H3;2*2H,1H3/t13-,15-,18?;9-,10-,13?;;/m11../s1/i2D;1D;2*2T. The van der Waals surface area contributed by atoms with E-state index >= 15 is 0 Å². The summed E-state index contributed by atoms with van der Waals surface area (Å²) >= 11 is 0. The average Bonchev–Trinajstić information content (AvgIpc) is 3.94. The highest BCUT2D eigenvalue weighted by molar-refractivity contribution is 6.23. The molecule has 0 saturated heterocycles. The first-order valence-corrected chi connectivity index (χ1v) is 17.6. The van der Waals surface area contributed by atoms with Crippen LogP contribution in [-0.2, 0) is 23.9 Å². The second kappa shape index (κ2) is 20.0. The number of carbonyl (C=O) groups excluding carboxylic acids is 8. The van der Waals surface area contributed by atoms with Gasteiger partial charge in [-0.15, -0.1) is 0 Å². The van der Waals surface area contributed by atoms with Gasteiger partial charge in [0.25, 0.3) is 23.6 Å². The summed E-state index contributed by atoms with van der Waals surface area (Å²) in [7, 11) is 2.58. The zero-order chi connectivity index (χ0) is 43.1. The maximum atomic E-state index is 12.9. The number of benzene rings is 2. The Labute approximate surface area is 320 Å². The number of imide groups is 2. The van der Waals surface area contributed by atoms with Gasteiger partial charge in [0, 0.05) is 41.6 Å². The van der Waals surface area contributed by atoms with Crippen molar-refractivity contribution in [3.63, 3.8) is 0 Å². The van der Waals surface area contributed by atoms with E-state index < -0.39 is 53.6 Å². The molecule has 54 heavy (non-hydrogen) atoms. The zero-order valence-electron chi connectivity index (χ0n) is 34.7. The minimum Gasteiger partial charge on any atom is -0.462 e. The molecule has 14 heteroatoms. The first kappa shape index (κ1) is 37.4. The summed E-state index contributed by atoms with van der Waals surface area (Å²) in [5.74, 6) is -4.44. The Morgan fingerprint density at radius 3 is 1.54 bits per heavy atom. The van der Waals surface area contributed by atoms with E-state index in [0.717, 1.165) is 9.80 Å². The summed E-state index contributed by atoms with van der Waals surface area (Å²) in [4.78, 5) is 100. The molecule has 4 aliphatic rings. The third-order valence-corrected chi connectivity index (χ3v) is 9.83. The molecule has 2 saturated carbocycles. The number of fused-ring (bicyclic) bond motifs is 2. The highest BCUT2D eigenvalue weighted by atomic mass is 16.5. The Hall–Kier alpha value is -4.92. The molecule has 2 aromatic carbocycles. The van der Waals surface area contributed by atoms with Gasteiger partial charge in [-0.3, -0.25) is 48.2 Å². The van der Waals surface area contributed by atoms with E-state index in [-0.39, 0.29) is 86.5 Å². The lowest BCUT2D eigenvalue weighted by Crippen LogP contribution is -2.38. The predicted molar refractivity (Wildman–Crippen MR) is 194 cm³/mol. The van der Waals surface area contributed by atoms with Crippen molar-refractivity contribution in [2.24, 2.45) is 23.7 Å². The van der Waals surface area contributed by atoms with Crippen LogP contribution in [0.2, 0.25) is 0 Å². The fraction of sp³-hybridized carbons (Fsp3) is 0.500. The van der Waals surface area contributed by atoms with Crippen molar-refractivity contribution in [2.45, 2.75) is 77.9 Å². The van der Waals surface area contributed by atoms with Gasteiger partial charge in [-0.25, -0.2) is 0 Å². The second-order valence-electron chi connectivity index (χ2n) is 13.3. The number of amides is 4. The highest BCUT2D eigenvalue weighted by Crippen LogP contribution is 2.36. The fourth-order valence-electron chi connectivity index (χ4n) is 7.03. The topological polar surface area (TPSA) is 213 Å². The van der Waals surface area contributed by atoms with E-state index in [0.29, 0.717) is 36.8 Å². The van der Waals surface area contributed by atoms with E-state index in [1.165, 1.54) is 14.2 Å². The van der Waals surface area contributed by atoms with E-state index in [2.05, 4.69) is 10.2 Å². The molecule has 0 aromatic heterocycles. The minimum absolute atomic E-state index is 0.00235. The smallest absolute Gasteiger partial charge is 0.306 e. The molecule has 3 N–H and O–H groups in total. The van der Waals surface area contributed by atoms with E-state index in [4.69, 9.17) is 10.3 Å². The molecule has 2 heterocycles. The molecule has 2 unspecified atom stereocenters. The normalized spacial score (nSPS) is 24.6. The number of ether oxygens (including phenoxy) is 1. The second-order valence-corrected chi connectivity index (χ2v) is 13.3. The Morgan fingerprint density at radius 2 is 1.13 bits per heavy atom.